The molecule has 4 heteroatoms. The number of benzene rings is 2. The number of anilines is 1. The van der Waals surface area contributed by atoms with E-state index in [1.165, 1.54) is 5.56 Å². The van der Waals surface area contributed by atoms with Crippen molar-refractivity contribution in [2.75, 3.05) is 5.32 Å². The molecule has 0 unspecified atom stereocenters. The molecule has 0 aliphatic heterocycles. The van der Waals surface area contributed by atoms with Crippen molar-refractivity contribution in [2.24, 2.45) is 0 Å². The zero-order chi connectivity index (χ0) is 15.2. The third-order valence-corrected chi connectivity index (χ3v) is 3.57. The van der Waals surface area contributed by atoms with Crippen molar-refractivity contribution >= 4 is 23.3 Å². The van der Waals surface area contributed by atoms with E-state index in [9.17, 15) is 4.79 Å². The molecular formula is C17H19ClN2O. The van der Waals surface area contributed by atoms with E-state index in [1.807, 2.05) is 49.4 Å². The summed E-state index contributed by atoms with van der Waals surface area (Å²) in [4.78, 5) is 11.9. The number of rotatable bonds is 4. The van der Waals surface area contributed by atoms with Crippen molar-refractivity contribution in [3.05, 3.63) is 64.2 Å². The Bertz CT molecular complexity index is 640. The molecule has 0 heterocycles. The summed E-state index contributed by atoms with van der Waals surface area (Å²) in [6, 6.07) is 13.3. The van der Waals surface area contributed by atoms with E-state index in [1.54, 1.807) is 0 Å². The maximum absolute atomic E-state index is 11.9. The van der Waals surface area contributed by atoms with Crippen LogP contribution in [0.2, 0.25) is 5.02 Å². The first-order valence-electron chi connectivity index (χ1n) is 6.97. The molecule has 0 saturated heterocycles. The number of hydrogen-bond donors (Lipinski definition) is 2. The highest BCUT2D eigenvalue weighted by atomic mass is 35.5. The number of aryl methyl sites for hydroxylation is 2. The van der Waals surface area contributed by atoms with Crippen LogP contribution in [0.1, 0.15) is 23.6 Å². The van der Waals surface area contributed by atoms with Gasteiger partial charge in [-0.2, -0.15) is 0 Å². The van der Waals surface area contributed by atoms with Gasteiger partial charge in [-0.05, 0) is 54.3 Å². The number of urea groups is 1. The van der Waals surface area contributed by atoms with Gasteiger partial charge in [0.2, 0.25) is 0 Å². The largest absolute Gasteiger partial charge is 0.334 e. The van der Waals surface area contributed by atoms with Crippen molar-refractivity contribution < 1.29 is 4.79 Å². The summed E-state index contributed by atoms with van der Waals surface area (Å²) in [7, 11) is 0. The van der Waals surface area contributed by atoms with Crippen molar-refractivity contribution in [1.82, 2.24) is 5.32 Å². The predicted molar refractivity (Wildman–Crippen MR) is 87.9 cm³/mol. The van der Waals surface area contributed by atoms with Crippen molar-refractivity contribution in [2.45, 2.75) is 26.8 Å². The maximum Gasteiger partial charge on any atom is 0.319 e. The second-order valence-corrected chi connectivity index (χ2v) is 5.37. The quantitative estimate of drug-likeness (QED) is 0.856. The van der Waals surface area contributed by atoms with Gasteiger partial charge in [0.15, 0.2) is 0 Å². The summed E-state index contributed by atoms with van der Waals surface area (Å²) < 4.78 is 0. The van der Waals surface area contributed by atoms with E-state index in [0.29, 0.717) is 11.6 Å². The summed E-state index contributed by atoms with van der Waals surface area (Å²) in [5.74, 6) is 0. The lowest BCUT2D eigenvalue weighted by Crippen LogP contribution is -2.28. The Morgan fingerprint density at radius 1 is 1.19 bits per heavy atom. The fourth-order valence-electron chi connectivity index (χ4n) is 2.08. The Morgan fingerprint density at radius 3 is 2.71 bits per heavy atom. The van der Waals surface area contributed by atoms with Crippen LogP contribution < -0.4 is 10.6 Å². The van der Waals surface area contributed by atoms with E-state index in [4.69, 9.17) is 11.6 Å². The summed E-state index contributed by atoms with van der Waals surface area (Å²) in [5.41, 5.74) is 4.12. The number of halogens is 1. The number of nitrogens with one attached hydrogen (secondary N) is 2. The van der Waals surface area contributed by atoms with E-state index >= 15 is 0 Å². The molecule has 2 N–H and O–H groups in total. The van der Waals surface area contributed by atoms with Gasteiger partial charge in [-0.3, -0.25) is 0 Å². The first-order valence-corrected chi connectivity index (χ1v) is 7.35. The van der Waals surface area contributed by atoms with Gasteiger partial charge in [-0.1, -0.05) is 36.7 Å². The van der Waals surface area contributed by atoms with Gasteiger partial charge < -0.3 is 10.6 Å². The summed E-state index contributed by atoms with van der Waals surface area (Å²) in [5, 5.41) is 6.40. The zero-order valence-electron chi connectivity index (χ0n) is 12.2. The van der Waals surface area contributed by atoms with Crippen LogP contribution in [0.25, 0.3) is 0 Å². The molecule has 0 bridgehead atoms. The molecule has 0 aliphatic carbocycles. The lowest BCUT2D eigenvalue weighted by Gasteiger charge is -2.10. The molecule has 0 atom stereocenters. The van der Waals surface area contributed by atoms with Crippen molar-refractivity contribution in [1.29, 1.82) is 0 Å². The lowest BCUT2D eigenvalue weighted by atomic mass is 10.1. The highest BCUT2D eigenvalue weighted by Gasteiger charge is 2.04. The first-order chi connectivity index (χ1) is 10.1. The molecule has 2 aromatic rings. The van der Waals surface area contributed by atoms with E-state index < -0.39 is 0 Å². The van der Waals surface area contributed by atoms with Gasteiger partial charge in [0.1, 0.15) is 0 Å². The first kappa shape index (κ1) is 15.4. The Kier molecular flexibility index (Phi) is 5.23. The molecule has 3 nitrogen and oxygen atoms in total. The molecule has 0 fully saturated rings. The second kappa shape index (κ2) is 7.14. The third kappa shape index (κ3) is 4.50. The number of amides is 2. The smallest absolute Gasteiger partial charge is 0.319 e. The van der Waals surface area contributed by atoms with Crippen LogP contribution in [0.5, 0.6) is 0 Å². The van der Waals surface area contributed by atoms with Gasteiger partial charge in [-0.15, -0.1) is 0 Å². The highest BCUT2D eigenvalue weighted by molar-refractivity contribution is 6.30. The number of carbonyl (C=O) groups is 1. The average Bonchev–Trinajstić information content (AvgIpc) is 2.46. The van der Waals surface area contributed by atoms with Crippen molar-refractivity contribution in [3.63, 3.8) is 0 Å². The average molecular weight is 303 g/mol. The van der Waals surface area contributed by atoms with Gasteiger partial charge in [-0.25, -0.2) is 4.79 Å². The lowest BCUT2D eigenvalue weighted by molar-refractivity contribution is 0.251. The monoisotopic (exact) mass is 302 g/mol. The van der Waals surface area contributed by atoms with Crippen LogP contribution in [0, 0.1) is 6.92 Å². The summed E-state index contributed by atoms with van der Waals surface area (Å²) >= 11 is 5.92. The Balaban J connectivity index is 1.92. The van der Waals surface area contributed by atoms with E-state index in [0.717, 1.165) is 23.2 Å². The number of hydrogen-bond acceptors (Lipinski definition) is 1. The van der Waals surface area contributed by atoms with Gasteiger partial charge in [0, 0.05) is 17.3 Å². The van der Waals surface area contributed by atoms with Gasteiger partial charge in [0.05, 0.1) is 0 Å². The van der Waals surface area contributed by atoms with Crippen molar-refractivity contribution in [3.8, 4) is 0 Å². The zero-order valence-corrected chi connectivity index (χ0v) is 13.0. The standard InChI is InChI=1S/C17H19ClN2O/c1-3-13-5-4-6-16(10-13)20-17(21)19-11-14-7-8-15(18)9-12(14)2/h4-10H,3,11H2,1-2H3,(H2,19,20,21). The predicted octanol–water partition coefficient (Wildman–Crippen LogP) is 4.53. The maximum atomic E-state index is 11.9. The number of carbonyl (C=O) groups excluding carboxylic acids is 1. The van der Waals surface area contributed by atoms with Crippen LogP contribution in [-0.4, -0.2) is 6.03 Å². The van der Waals surface area contributed by atoms with E-state index in [2.05, 4.69) is 17.6 Å². The SMILES string of the molecule is CCc1cccc(NC(=O)NCc2ccc(Cl)cc2C)c1. The minimum Gasteiger partial charge on any atom is -0.334 e. The minimum absolute atomic E-state index is 0.211. The molecule has 2 aromatic carbocycles. The molecule has 0 radical (unpaired) electrons. The summed E-state index contributed by atoms with van der Waals surface area (Å²) in [6.07, 6.45) is 0.946. The topological polar surface area (TPSA) is 41.1 Å². The Labute approximate surface area is 130 Å². The van der Waals surface area contributed by atoms with Crippen LogP contribution in [-0.2, 0) is 13.0 Å². The highest BCUT2D eigenvalue weighted by Crippen LogP contribution is 2.15. The molecule has 21 heavy (non-hydrogen) atoms. The molecule has 0 aliphatic rings. The van der Waals surface area contributed by atoms with Crippen LogP contribution in [0.3, 0.4) is 0 Å². The molecule has 2 amide bonds. The molecule has 0 aromatic heterocycles. The third-order valence-electron chi connectivity index (χ3n) is 3.34. The van der Waals surface area contributed by atoms with Crippen LogP contribution >= 0.6 is 11.6 Å². The second-order valence-electron chi connectivity index (χ2n) is 4.93. The molecule has 0 saturated carbocycles. The fraction of sp³-hybridized carbons (Fsp3) is 0.235. The molecular weight excluding hydrogens is 284 g/mol. The Morgan fingerprint density at radius 2 is 2.00 bits per heavy atom. The fourth-order valence-corrected chi connectivity index (χ4v) is 2.30. The van der Waals surface area contributed by atoms with E-state index in [-0.39, 0.29) is 6.03 Å². The minimum atomic E-state index is -0.211. The molecule has 110 valence electrons. The Hall–Kier alpha value is -2.00. The molecule has 0 spiro atoms. The van der Waals surface area contributed by atoms with Gasteiger partial charge >= 0.3 is 6.03 Å². The van der Waals surface area contributed by atoms with Crippen LogP contribution in [0.15, 0.2) is 42.5 Å². The van der Waals surface area contributed by atoms with Crippen LogP contribution in [0.4, 0.5) is 10.5 Å². The normalized spacial score (nSPS) is 10.2. The molecule has 2 rings (SSSR count). The van der Waals surface area contributed by atoms with Gasteiger partial charge in [0.25, 0.3) is 0 Å². The summed E-state index contributed by atoms with van der Waals surface area (Å²) in [6.45, 7) is 4.54.